The van der Waals surface area contributed by atoms with Gasteiger partial charge in [-0.15, -0.1) is 0 Å². The number of hydrogen-bond acceptors (Lipinski definition) is 6. The highest BCUT2D eigenvalue weighted by molar-refractivity contribution is 7.89. The number of fused-ring (bicyclic) bond motifs is 3. The number of rotatable bonds is 5. The number of benzene rings is 3. The van der Waals surface area contributed by atoms with Gasteiger partial charge in [-0.1, -0.05) is 55.5 Å². The molecule has 0 spiro atoms. The Balaban J connectivity index is 1.51. The molecule has 0 radical (unpaired) electrons. The van der Waals surface area contributed by atoms with E-state index < -0.39 is 21.9 Å². The van der Waals surface area contributed by atoms with Crippen LogP contribution in [0.2, 0.25) is 0 Å². The summed E-state index contributed by atoms with van der Waals surface area (Å²) in [5.74, 6) is -0.391. The van der Waals surface area contributed by atoms with Crippen molar-refractivity contribution in [1.29, 1.82) is 0 Å². The number of sulfonamides is 1. The molecule has 1 aliphatic heterocycles. The summed E-state index contributed by atoms with van der Waals surface area (Å²) < 4.78 is 35.4. The van der Waals surface area contributed by atoms with Crippen LogP contribution in [0.4, 0.5) is 0 Å². The summed E-state index contributed by atoms with van der Waals surface area (Å²) in [7, 11) is -2.34. The third-order valence-electron chi connectivity index (χ3n) is 6.86. The minimum atomic E-state index is -3.65. The van der Waals surface area contributed by atoms with Crippen molar-refractivity contribution in [2.45, 2.75) is 31.7 Å². The van der Waals surface area contributed by atoms with E-state index in [0.717, 1.165) is 27.4 Å². The van der Waals surface area contributed by atoms with Crippen LogP contribution in [0.5, 0.6) is 0 Å². The predicted octanol–water partition coefficient (Wildman–Crippen LogP) is 4.44. The van der Waals surface area contributed by atoms with Gasteiger partial charge in [-0.2, -0.15) is 9.30 Å². The number of methoxy groups -OCH3 is 1. The third-order valence-corrected chi connectivity index (χ3v) is 9.83. The van der Waals surface area contributed by atoms with E-state index in [1.54, 1.807) is 4.57 Å². The van der Waals surface area contributed by atoms with Gasteiger partial charge in [0.1, 0.15) is 6.54 Å². The molecule has 0 N–H and O–H groups in total. The monoisotopic (exact) mass is 551 g/mol. The molecular formula is C28H29N3O5S2. The van der Waals surface area contributed by atoms with E-state index in [1.165, 1.54) is 47.0 Å². The topological polar surface area (TPSA) is 98.0 Å². The SMILES string of the molecule is COC(=O)Cn1c(=NC(=O)c2ccc(S(=O)(=O)N3CC(C)CC(C)C3)cc2)sc2c3ccccc3ccc21. The number of carbonyl (C=O) groups is 2. The van der Waals surface area contributed by atoms with Crippen LogP contribution in [0, 0.1) is 11.8 Å². The Morgan fingerprint density at radius 1 is 1.00 bits per heavy atom. The van der Waals surface area contributed by atoms with Crippen LogP contribution in [0.15, 0.2) is 70.6 Å². The van der Waals surface area contributed by atoms with Crippen LogP contribution in [-0.2, 0) is 26.1 Å². The van der Waals surface area contributed by atoms with E-state index in [-0.39, 0.29) is 17.0 Å². The zero-order valence-corrected chi connectivity index (χ0v) is 23.1. The number of amides is 1. The average molecular weight is 552 g/mol. The molecule has 4 aromatic rings. The van der Waals surface area contributed by atoms with Crippen LogP contribution < -0.4 is 4.80 Å². The molecule has 1 saturated heterocycles. The van der Waals surface area contributed by atoms with Gasteiger partial charge in [0.15, 0.2) is 4.80 Å². The standard InChI is InChI=1S/C28H29N3O5S2/c1-18-14-19(2)16-30(15-18)38(34,35)22-11-8-21(9-12-22)27(33)29-28-31(17-25(32)36-3)24-13-10-20-6-4-5-7-23(20)26(24)37-28/h4-13,18-19H,14-17H2,1-3H3. The summed E-state index contributed by atoms with van der Waals surface area (Å²) in [6.07, 6.45) is 1.00. The number of carbonyl (C=O) groups excluding carboxylic acids is 2. The van der Waals surface area contributed by atoms with Crippen LogP contribution >= 0.6 is 11.3 Å². The molecule has 198 valence electrons. The quantitative estimate of drug-likeness (QED) is 0.342. The zero-order valence-electron chi connectivity index (χ0n) is 21.5. The molecule has 2 atom stereocenters. The highest BCUT2D eigenvalue weighted by atomic mass is 32.2. The molecule has 38 heavy (non-hydrogen) atoms. The summed E-state index contributed by atoms with van der Waals surface area (Å²) in [6, 6.07) is 17.7. The summed E-state index contributed by atoms with van der Waals surface area (Å²) >= 11 is 1.32. The molecule has 2 unspecified atom stereocenters. The lowest BCUT2D eigenvalue weighted by atomic mass is 9.94. The van der Waals surface area contributed by atoms with Gasteiger partial charge in [-0.05, 0) is 54.0 Å². The number of aromatic nitrogens is 1. The molecule has 10 heteroatoms. The van der Waals surface area contributed by atoms with Gasteiger partial charge < -0.3 is 9.30 Å². The first-order valence-corrected chi connectivity index (χ1v) is 14.7. The van der Waals surface area contributed by atoms with Crippen molar-refractivity contribution in [3.05, 3.63) is 71.0 Å². The molecule has 1 aliphatic rings. The molecule has 0 aliphatic carbocycles. The van der Waals surface area contributed by atoms with Crippen LogP contribution in [0.25, 0.3) is 21.0 Å². The molecule has 0 saturated carbocycles. The number of ether oxygens (including phenoxy) is 1. The maximum Gasteiger partial charge on any atom is 0.325 e. The average Bonchev–Trinajstić information content (AvgIpc) is 3.25. The molecule has 2 heterocycles. The highest BCUT2D eigenvalue weighted by Gasteiger charge is 2.31. The van der Waals surface area contributed by atoms with Crippen molar-refractivity contribution < 1.29 is 22.7 Å². The maximum absolute atomic E-state index is 13.2. The molecule has 1 aromatic heterocycles. The van der Waals surface area contributed by atoms with E-state index in [2.05, 4.69) is 18.8 Å². The number of thiazole rings is 1. The zero-order chi connectivity index (χ0) is 27.0. The Kier molecular flexibility index (Phi) is 7.21. The Morgan fingerprint density at radius 2 is 1.68 bits per heavy atom. The van der Waals surface area contributed by atoms with Crippen molar-refractivity contribution in [1.82, 2.24) is 8.87 Å². The van der Waals surface area contributed by atoms with Crippen molar-refractivity contribution >= 4 is 54.2 Å². The minimum Gasteiger partial charge on any atom is -0.468 e. The largest absolute Gasteiger partial charge is 0.468 e. The van der Waals surface area contributed by atoms with Crippen LogP contribution in [0.1, 0.15) is 30.6 Å². The first-order chi connectivity index (χ1) is 18.2. The number of piperidine rings is 1. The number of hydrogen-bond donors (Lipinski definition) is 0. The molecule has 5 rings (SSSR count). The summed E-state index contributed by atoms with van der Waals surface area (Å²) in [4.78, 5) is 30.2. The highest BCUT2D eigenvalue weighted by Crippen LogP contribution is 2.29. The lowest BCUT2D eigenvalue weighted by molar-refractivity contribution is -0.141. The number of nitrogens with zero attached hydrogens (tertiary/aromatic N) is 3. The minimum absolute atomic E-state index is 0.0924. The maximum atomic E-state index is 13.2. The Hall–Kier alpha value is -3.34. The normalized spacial score (nSPS) is 19.2. The van der Waals surface area contributed by atoms with Crippen molar-refractivity contribution in [3.8, 4) is 0 Å². The lowest BCUT2D eigenvalue weighted by Crippen LogP contribution is -2.42. The molecule has 0 bridgehead atoms. The van der Waals surface area contributed by atoms with E-state index in [0.29, 0.717) is 29.7 Å². The van der Waals surface area contributed by atoms with Gasteiger partial charge >= 0.3 is 5.97 Å². The van der Waals surface area contributed by atoms with Gasteiger partial charge in [-0.25, -0.2) is 8.42 Å². The van der Waals surface area contributed by atoms with Gasteiger partial charge in [-0.3, -0.25) is 9.59 Å². The number of esters is 1. The third kappa shape index (κ3) is 5.03. The van der Waals surface area contributed by atoms with E-state index >= 15 is 0 Å². The lowest BCUT2D eigenvalue weighted by Gasteiger charge is -2.34. The van der Waals surface area contributed by atoms with Crippen LogP contribution in [0.3, 0.4) is 0 Å². The molecule has 3 aromatic carbocycles. The molecule has 1 fully saturated rings. The Morgan fingerprint density at radius 3 is 2.37 bits per heavy atom. The van der Waals surface area contributed by atoms with Gasteiger partial charge in [0.25, 0.3) is 5.91 Å². The van der Waals surface area contributed by atoms with Crippen LogP contribution in [-0.4, -0.2) is 49.4 Å². The van der Waals surface area contributed by atoms with E-state index in [9.17, 15) is 18.0 Å². The van der Waals surface area contributed by atoms with E-state index in [1.807, 2.05) is 36.4 Å². The van der Waals surface area contributed by atoms with Crippen molar-refractivity contribution in [2.24, 2.45) is 16.8 Å². The summed E-state index contributed by atoms with van der Waals surface area (Å²) in [6.45, 7) is 5.01. The molecular weight excluding hydrogens is 522 g/mol. The predicted molar refractivity (Wildman–Crippen MR) is 147 cm³/mol. The van der Waals surface area contributed by atoms with Crippen molar-refractivity contribution in [3.63, 3.8) is 0 Å². The Labute approximate surface area is 225 Å². The second kappa shape index (κ2) is 10.4. The van der Waals surface area contributed by atoms with Gasteiger partial charge in [0.2, 0.25) is 10.0 Å². The van der Waals surface area contributed by atoms with Crippen molar-refractivity contribution in [2.75, 3.05) is 20.2 Å². The second-order valence-electron chi connectivity index (χ2n) is 9.89. The fraction of sp³-hybridized carbons (Fsp3) is 0.321. The fourth-order valence-corrected chi connectivity index (χ4v) is 7.94. The summed E-state index contributed by atoms with van der Waals surface area (Å²) in [5, 5.41) is 2.04. The summed E-state index contributed by atoms with van der Waals surface area (Å²) in [5.41, 5.74) is 1.04. The molecule has 8 nitrogen and oxygen atoms in total. The smallest absolute Gasteiger partial charge is 0.325 e. The molecule has 1 amide bonds. The van der Waals surface area contributed by atoms with E-state index in [4.69, 9.17) is 4.74 Å². The fourth-order valence-electron chi connectivity index (χ4n) is 5.10. The first-order valence-electron chi connectivity index (χ1n) is 12.4. The van der Waals surface area contributed by atoms with Gasteiger partial charge in [0, 0.05) is 24.0 Å². The second-order valence-corrected chi connectivity index (χ2v) is 12.8. The Bertz CT molecular complexity index is 1690. The van der Waals surface area contributed by atoms with Gasteiger partial charge in [0.05, 0.1) is 22.2 Å². The first kappa shape index (κ1) is 26.3.